The molecule has 3 N–H and O–H groups in total. The molecule has 21 heavy (non-hydrogen) atoms. The first-order chi connectivity index (χ1) is 9.44. The molecular weight excluding hydrogens is 306 g/mol. The van der Waals surface area contributed by atoms with Crippen LogP contribution in [-0.2, 0) is 11.3 Å². The van der Waals surface area contributed by atoms with Gasteiger partial charge in [0.05, 0.1) is 12.6 Å². The Morgan fingerprint density at radius 3 is 2.67 bits per heavy atom. The highest BCUT2D eigenvalue weighted by molar-refractivity contribution is 5.88. The Kier molecular flexibility index (Phi) is 5.74. The van der Waals surface area contributed by atoms with Crippen molar-refractivity contribution < 1.29 is 23.0 Å². The van der Waals surface area contributed by atoms with E-state index in [1.807, 2.05) is 0 Å². The van der Waals surface area contributed by atoms with Crippen LogP contribution in [0.4, 0.5) is 8.78 Å². The molecule has 2 rings (SSSR count). The number of ether oxygens (including phenoxy) is 2. The van der Waals surface area contributed by atoms with E-state index in [1.54, 1.807) is 0 Å². The van der Waals surface area contributed by atoms with Gasteiger partial charge in [-0.25, -0.2) is 0 Å². The number of carbonyl (C=O) groups is 1. The van der Waals surface area contributed by atoms with Crippen LogP contribution in [0.15, 0.2) is 18.2 Å². The molecule has 1 aliphatic rings. The topological polar surface area (TPSA) is 73.6 Å². The zero-order valence-electron chi connectivity index (χ0n) is 11.4. The lowest BCUT2D eigenvalue weighted by atomic mass is 10.1. The quantitative estimate of drug-likeness (QED) is 0.838. The normalized spacial score (nSPS) is 15.1. The summed E-state index contributed by atoms with van der Waals surface area (Å²) in [6, 6.07) is 4.42. The molecule has 0 aromatic heterocycles. The number of alkyl halides is 2. The van der Waals surface area contributed by atoms with Gasteiger partial charge in [-0.3, -0.25) is 4.79 Å². The van der Waals surface area contributed by atoms with Crippen molar-refractivity contribution in [1.29, 1.82) is 0 Å². The average Bonchev–Trinajstić information content (AvgIpc) is 3.16. The van der Waals surface area contributed by atoms with Gasteiger partial charge < -0.3 is 20.5 Å². The molecule has 0 saturated heterocycles. The lowest BCUT2D eigenvalue weighted by molar-refractivity contribution is -0.123. The Labute approximate surface area is 127 Å². The summed E-state index contributed by atoms with van der Waals surface area (Å²) in [5.41, 5.74) is 5.34. The van der Waals surface area contributed by atoms with Gasteiger partial charge in [0.15, 0.2) is 0 Å². The summed E-state index contributed by atoms with van der Waals surface area (Å²) in [6.45, 7) is -2.88. The van der Waals surface area contributed by atoms with Gasteiger partial charge in [-0.15, -0.1) is 12.4 Å². The molecule has 0 heterocycles. The molecule has 1 aliphatic carbocycles. The lowest BCUT2D eigenvalue weighted by Crippen LogP contribution is -2.42. The molecule has 118 valence electrons. The number of methoxy groups -OCH3 is 1. The summed E-state index contributed by atoms with van der Waals surface area (Å²) in [4.78, 5) is 11.7. The maximum atomic E-state index is 12.3. The highest BCUT2D eigenvalue weighted by atomic mass is 35.5. The van der Waals surface area contributed by atoms with E-state index in [4.69, 9.17) is 10.5 Å². The van der Waals surface area contributed by atoms with Crippen molar-refractivity contribution in [3.05, 3.63) is 23.8 Å². The van der Waals surface area contributed by atoms with Crippen molar-refractivity contribution in [2.24, 2.45) is 5.73 Å². The Hall–Kier alpha value is -1.60. The highest BCUT2D eigenvalue weighted by Gasteiger charge is 2.45. The van der Waals surface area contributed by atoms with E-state index in [0.29, 0.717) is 24.2 Å². The van der Waals surface area contributed by atoms with Crippen molar-refractivity contribution in [2.75, 3.05) is 7.11 Å². The van der Waals surface area contributed by atoms with Crippen LogP contribution >= 0.6 is 12.4 Å². The zero-order valence-corrected chi connectivity index (χ0v) is 12.2. The van der Waals surface area contributed by atoms with Crippen molar-refractivity contribution in [3.63, 3.8) is 0 Å². The molecular formula is C13H17ClF2N2O3. The Balaban J connectivity index is 0.00000220. The first-order valence-electron chi connectivity index (χ1n) is 6.13. The molecule has 0 spiro atoms. The fraction of sp³-hybridized carbons (Fsp3) is 0.462. The predicted molar refractivity (Wildman–Crippen MR) is 74.9 cm³/mol. The van der Waals surface area contributed by atoms with Crippen LogP contribution in [-0.4, -0.2) is 25.2 Å². The second-order valence-corrected chi connectivity index (χ2v) is 4.69. The molecule has 1 saturated carbocycles. The van der Waals surface area contributed by atoms with E-state index in [1.165, 1.54) is 25.3 Å². The summed E-state index contributed by atoms with van der Waals surface area (Å²) in [6.07, 6.45) is 1.27. The number of amides is 1. The smallest absolute Gasteiger partial charge is 0.387 e. The SMILES string of the molecule is COc1ccc(OC(F)F)c(CNC(=O)C2(N)CC2)c1.Cl. The van der Waals surface area contributed by atoms with Gasteiger partial charge in [0.25, 0.3) is 0 Å². The maximum Gasteiger partial charge on any atom is 0.387 e. The predicted octanol–water partition coefficient (Wildman–Crippen LogP) is 1.83. The number of halogens is 3. The number of hydrogen-bond acceptors (Lipinski definition) is 4. The minimum Gasteiger partial charge on any atom is -0.497 e. The van der Waals surface area contributed by atoms with Gasteiger partial charge in [-0.1, -0.05) is 0 Å². The third kappa shape index (κ3) is 4.44. The van der Waals surface area contributed by atoms with Crippen molar-refractivity contribution in [3.8, 4) is 11.5 Å². The van der Waals surface area contributed by atoms with E-state index >= 15 is 0 Å². The summed E-state index contributed by atoms with van der Waals surface area (Å²) < 4.78 is 34.1. The summed E-state index contributed by atoms with van der Waals surface area (Å²) in [7, 11) is 1.46. The van der Waals surface area contributed by atoms with Crippen LogP contribution in [0.1, 0.15) is 18.4 Å². The molecule has 1 aromatic rings. The Morgan fingerprint density at radius 1 is 1.48 bits per heavy atom. The minimum atomic E-state index is -2.93. The van der Waals surface area contributed by atoms with Crippen LogP contribution in [0.2, 0.25) is 0 Å². The maximum absolute atomic E-state index is 12.3. The number of nitrogens with two attached hydrogens (primary N) is 1. The molecule has 1 amide bonds. The second kappa shape index (κ2) is 6.91. The van der Waals surface area contributed by atoms with Gasteiger partial charge in [-0.05, 0) is 31.0 Å². The van der Waals surface area contributed by atoms with Crippen molar-refractivity contribution in [1.82, 2.24) is 5.32 Å². The summed E-state index contributed by atoms with van der Waals surface area (Å²) in [5.74, 6) is 0.205. The zero-order chi connectivity index (χ0) is 14.8. The standard InChI is InChI=1S/C13H16F2N2O3.ClH/c1-19-9-2-3-10(20-12(14)15)8(6-9)7-17-11(18)13(16)4-5-13;/h2-3,6,12H,4-5,7,16H2,1H3,(H,17,18);1H. The largest absolute Gasteiger partial charge is 0.497 e. The van der Waals surface area contributed by atoms with Crippen LogP contribution in [0.5, 0.6) is 11.5 Å². The third-order valence-electron chi connectivity index (χ3n) is 3.16. The number of hydrogen-bond donors (Lipinski definition) is 2. The molecule has 8 heteroatoms. The third-order valence-corrected chi connectivity index (χ3v) is 3.16. The van der Waals surface area contributed by atoms with Gasteiger partial charge in [0.1, 0.15) is 11.5 Å². The fourth-order valence-electron chi connectivity index (χ4n) is 1.75. The van der Waals surface area contributed by atoms with Crippen LogP contribution in [0, 0.1) is 0 Å². The first kappa shape index (κ1) is 17.5. The minimum absolute atomic E-state index is 0. The number of rotatable bonds is 6. The van der Waals surface area contributed by atoms with E-state index in [0.717, 1.165) is 0 Å². The van der Waals surface area contributed by atoms with Gasteiger partial charge in [-0.2, -0.15) is 8.78 Å². The number of nitrogens with one attached hydrogen (secondary N) is 1. The van der Waals surface area contributed by atoms with Gasteiger partial charge >= 0.3 is 6.61 Å². The number of benzene rings is 1. The molecule has 0 radical (unpaired) electrons. The molecule has 0 aliphatic heterocycles. The van der Waals surface area contributed by atoms with Gasteiger partial charge in [0, 0.05) is 12.1 Å². The molecule has 1 aromatic carbocycles. The van der Waals surface area contributed by atoms with Crippen LogP contribution in [0.25, 0.3) is 0 Å². The van der Waals surface area contributed by atoms with Crippen LogP contribution in [0.3, 0.4) is 0 Å². The first-order valence-corrected chi connectivity index (χ1v) is 6.13. The molecule has 0 bridgehead atoms. The number of carbonyl (C=O) groups excluding carboxylic acids is 1. The highest BCUT2D eigenvalue weighted by Crippen LogP contribution is 2.32. The Bertz CT molecular complexity index is 510. The molecule has 5 nitrogen and oxygen atoms in total. The molecule has 0 atom stereocenters. The molecule has 1 fully saturated rings. The second-order valence-electron chi connectivity index (χ2n) is 4.69. The Morgan fingerprint density at radius 2 is 2.14 bits per heavy atom. The summed E-state index contributed by atoms with van der Waals surface area (Å²) in [5, 5.41) is 2.62. The average molecular weight is 323 g/mol. The van der Waals surface area contributed by atoms with Crippen molar-refractivity contribution >= 4 is 18.3 Å². The summed E-state index contributed by atoms with van der Waals surface area (Å²) >= 11 is 0. The van der Waals surface area contributed by atoms with Crippen molar-refractivity contribution in [2.45, 2.75) is 31.5 Å². The van der Waals surface area contributed by atoms with E-state index in [9.17, 15) is 13.6 Å². The van der Waals surface area contributed by atoms with E-state index in [2.05, 4.69) is 10.1 Å². The van der Waals surface area contributed by atoms with E-state index < -0.39 is 12.2 Å². The van der Waals surface area contributed by atoms with Crippen LogP contribution < -0.4 is 20.5 Å². The fourth-order valence-corrected chi connectivity index (χ4v) is 1.75. The molecule has 0 unspecified atom stereocenters. The monoisotopic (exact) mass is 322 g/mol. The van der Waals surface area contributed by atoms with E-state index in [-0.39, 0.29) is 30.6 Å². The van der Waals surface area contributed by atoms with Gasteiger partial charge in [0.2, 0.25) is 5.91 Å². The lowest BCUT2D eigenvalue weighted by Gasteiger charge is -2.14.